The second kappa shape index (κ2) is 7.48. The van der Waals surface area contributed by atoms with Crippen LogP contribution in [0.3, 0.4) is 0 Å². The number of aryl methyl sites for hydroxylation is 1. The molecule has 3 aromatic rings. The Labute approximate surface area is 156 Å². The zero-order chi connectivity index (χ0) is 18.8. The quantitative estimate of drug-likeness (QED) is 0.680. The number of pyridine rings is 1. The van der Waals surface area contributed by atoms with Crippen LogP contribution in [-0.2, 0) is 11.3 Å². The van der Waals surface area contributed by atoms with Gasteiger partial charge in [0, 0.05) is 43.0 Å². The largest absolute Gasteiger partial charge is 0.448 e. The van der Waals surface area contributed by atoms with Gasteiger partial charge in [-0.1, -0.05) is 12.1 Å². The molecule has 4 rings (SSSR count). The van der Waals surface area contributed by atoms with Crippen molar-refractivity contribution in [2.75, 3.05) is 13.2 Å². The summed E-state index contributed by atoms with van der Waals surface area (Å²) in [6, 6.07) is 8.47. The minimum absolute atomic E-state index is 0.0113. The zero-order valence-corrected chi connectivity index (χ0v) is 15.2. The van der Waals surface area contributed by atoms with Crippen LogP contribution in [-0.4, -0.2) is 35.0 Å². The first kappa shape index (κ1) is 17.7. The SMILES string of the molecule is Cc1c(C(=O)N(Cc2ccncc2)C[C@H]2CCCO2)oc2c(F)cccc12. The first-order valence-electron chi connectivity index (χ1n) is 9.11. The Morgan fingerprint density at radius 1 is 1.30 bits per heavy atom. The zero-order valence-electron chi connectivity index (χ0n) is 15.2. The Balaban J connectivity index is 1.67. The van der Waals surface area contributed by atoms with Crippen molar-refractivity contribution in [2.45, 2.75) is 32.4 Å². The second-order valence-electron chi connectivity index (χ2n) is 6.85. The van der Waals surface area contributed by atoms with E-state index >= 15 is 0 Å². The summed E-state index contributed by atoms with van der Waals surface area (Å²) in [5.74, 6) is -0.535. The minimum atomic E-state index is -0.463. The third-order valence-corrected chi connectivity index (χ3v) is 4.97. The molecule has 1 aromatic carbocycles. The molecule has 3 heterocycles. The van der Waals surface area contributed by atoms with E-state index in [0.717, 1.165) is 25.0 Å². The van der Waals surface area contributed by atoms with Crippen molar-refractivity contribution in [2.24, 2.45) is 0 Å². The molecule has 0 bridgehead atoms. The second-order valence-corrected chi connectivity index (χ2v) is 6.85. The summed E-state index contributed by atoms with van der Waals surface area (Å²) in [6.07, 6.45) is 5.33. The van der Waals surface area contributed by atoms with Gasteiger partial charge in [-0.25, -0.2) is 4.39 Å². The fourth-order valence-electron chi connectivity index (χ4n) is 3.52. The number of carbonyl (C=O) groups is 1. The lowest BCUT2D eigenvalue weighted by Gasteiger charge is -2.25. The normalized spacial score (nSPS) is 16.7. The Hall–Kier alpha value is -2.73. The number of carbonyl (C=O) groups excluding carboxylic acids is 1. The van der Waals surface area contributed by atoms with Gasteiger partial charge >= 0.3 is 0 Å². The number of hydrogen-bond donors (Lipinski definition) is 0. The van der Waals surface area contributed by atoms with Crippen LogP contribution >= 0.6 is 0 Å². The van der Waals surface area contributed by atoms with Crippen molar-refractivity contribution in [3.63, 3.8) is 0 Å². The monoisotopic (exact) mass is 368 g/mol. The highest BCUT2D eigenvalue weighted by Gasteiger charge is 2.28. The lowest BCUT2D eigenvalue weighted by atomic mass is 10.1. The van der Waals surface area contributed by atoms with Gasteiger partial charge in [0.15, 0.2) is 17.2 Å². The van der Waals surface area contributed by atoms with Crippen molar-refractivity contribution >= 4 is 16.9 Å². The number of hydrogen-bond acceptors (Lipinski definition) is 4. The molecule has 0 radical (unpaired) electrons. The average molecular weight is 368 g/mol. The fourth-order valence-corrected chi connectivity index (χ4v) is 3.52. The molecule has 27 heavy (non-hydrogen) atoms. The Morgan fingerprint density at radius 3 is 2.81 bits per heavy atom. The van der Waals surface area contributed by atoms with E-state index in [2.05, 4.69) is 4.98 Å². The van der Waals surface area contributed by atoms with Gasteiger partial charge in [0.1, 0.15) is 0 Å². The molecular formula is C21H21FN2O3. The number of halogens is 1. The van der Waals surface area contributed by atoms with E-state index in [1.54, 1.807) is 36.4 Å². The fraction of sp³-hybridized carbons (Fsp3) is 0.333. The average Bonchev–Trinajstić information content (AvgIpc) is 3.31. The van der Waals surface area contributed by atoms with Gasteiger partial charge < -0.3 is 14.1 Å². The van der Waals surface area contributed by atoms with E-state index in [-0.39, 0.29) is 23.4 Å². The van der Waals surface area contributed by atoms with E-state index in [9.17, 15) is 9.18 Å². The summed E-state index contributed by atoms with van der Waals surface area (Å²) in [5, 5.41) is 0.624. The Kier molecular flexibility index (Phi) is 4.90. The summed E-state index contributed by atoms with van der Waals surface area (Å²) in [4.78, 5) is 19.0. The van der Waals surface area contributed by atoms with Crippen LogP contribution in [0.4, 0.5) is 4.39 Å². The molecule has 0 unspecified atom stereocenters. The number of benzene rings is 1. The van der Waals surface area contributed by atoms with Crippen molar-refractivity contribution in [1.29, 1.82) is 0 Å². The highest BCUT2D eigenvalue weighted by molar-refractivity contribution is 5.99. The highest BCUT2D eigenvalue weighted by atomic mass is 19.1. The molecule has 1 aliphatic rings. The maximum Gasteiger partial charge on any atom is 0.290 e. The molecule has 2 aromatic heterocycles. The third-order valence-electron chi connectivity index (χ3n) is 4.97. The third kappa shape index (κ3) is 3.57. The number of amides is 1. The number of aromatic nitrogens is 1. The molecule has 0 saturated carbocycles. The summed E-state index contributed by atoms with van der Waals surface area (Å²) in [7, 11) is 0. The van der Waals surface area contributed by atoms with Crippen LogP contribution in [0, 0.1) is 12.7 Å². The lowest BCUT2D eigenvalue weighted by Crippen LogP contribution is -2.37. The molecular weight excluding hydrogens is 347 g/mol. The number of ether oxygens (including phenoxy) is 1. The van der Waals surface area contributed by atoms with Gasteiger partial charge in [-0.2, -0.15) is 0 Å². The van der Waals surface area contributed by atoms with Crippen LogP contribution < -0.4 is 0 Å². The van der Waals surface area contributed by atoms with Gasteiger partial charge in [-0.15, -0.1) is 0 Å². The standard InChI is InChI=1S/C21H21FN2O3/c1-14-17-5-2-6-18(22)20(17)27-19(14)21(25)24(13-16-4-3-11-26-16)12-15-7-9-23-10-8-15/h2,5-10,16H,3-4,11-13H2,1H3/t16-/m1/s1. The minimum Gasteiger partial charge on any atom is -0.448 e. The summed E-state index contributed by atoms with van der Waals surface area (Å²) < 4.78 is 25.4. The van der Waals surface area contributed by atoms with Crippen LogP contribution in [0.2, 0.25) is 0 Å². The molecule has 5 nitrogen and oxygen atoms in total. The smallest absolute Gasteiger partial charge is 0.290 e. The van der Waals surface area contributed by atoms with Crippen molar-refractivity contribution < 1.29 is 18.3 Å². The van der Waals surface area contributed by atoms with Crippen molar-refractivity contribution in [3.8, 4) is 0 Å². The van der Waals surface area contributed by atoms with Gasteiger partial charge in [0.25, 0.3) is 5.91 Å². The van der Waals surface area contributed by atoms with Crippen LogP contribution in [0.5, 0.6) is 0 Å². The van der Waals surface area contributed by atoms with E-state index in [1.165, 1.54) is 6.07 Å². The molecule has 0 N–H and O–H groups in total. The predicted octanol–water partition coefficient (Wildman–Crippen LogP) is 4.10. The topological polar surface area (TPSA) is 55.6 Å². The van der Waals surface area contributed by atoms with E-state index < -0.39 is 5.82 Å². The Morgan fingerprint density at radius 2 is 2.11 bits per heavy atom. The van der Waals surface area contributed by atoms with E-state index in [1.807, 2.05) is 12.1 Å². The molecule has 1 saturated heterocycles. The maximum atomic E-state index is 14.1. The van der Waals surface area contributed by atoms with E-state index in [0.29, 0.717) is 24.0 Å². The molecule has 1 amide bonds. The molecule has 140 valence electrons. The molecule has 1 fully saturated rings. The number of furan rings is 1. The number of fused-ring (bicyclic) bond motifs is 1. The molecule has 0 spiro atoms. The van der Waals surface area contributed by atoms with Gasteiger partial charge in [0.05, 0.1) is 6.10 Å². The molecule has 6 heteroatoms. The first-order valence-corrected chi connectivity index (χ1v) is 9.11. The first-order chi connectivity index (χ1) is 13.1. The lowest BCUT2D eigenvalue weighted by molar-refractivity contribution is 0.0484. The van der Waals surface area contributed by atoms with Crippen LogP contribution in [0.15, 0.2) is 47.1 Å². The van der Waals surface area contributed by atoms with Gasteiger partial charge in [0.2, 0.25) is 0 Å². The highest BCUT2D eigenvalue weighted by Crippen LogP contribution is 2.29. The summed E-state index contributed by atoms with van der Waals surface area (Å²) in [6.45, 7) is 3.40. The predicted molar refractivity (Wildman–Crippen MR) is 98.9 cm³/mol. The summed E-state index contributed by atoms with van der Waals surface area (Å²) >= 11 is 0. The number of para-hydroxylation sites is 1. The van der Waals surface area contributed by atoms with E-state index in [4.69, 9.17) is 9.15 Å². The maximum absolute atomic E-state index is 14.1. The van der Waals surface area contributed by atoms with Crippen LogP contribution in [0.25, 0.3) is 11.0 Å². The molecule has 1 atom stereocenters. The molecule has 0 aliphatic carbocycles. The number of nitrogens with zero attached hydrogens (tertiary/aromatic N) is 2. The van der Waals surface area contributed by atoms with Crippen molar-refractivity contribution in [3.05, 3.63) is 65.4 Å². The molecule has 1 aliphatic heterocycles. The number of rotatable bonds is 5. The van der Waals surface area contributed by atoms with Crippen LogP contribution in [0.1, 0.15) is 34.5 Å². The summed E-state index contributed by atoms with van der Waals surface area (Å²) in [5.41, 5.74) is 1.75. The van der Waals surface area contributed by atoms with Gasteiger partial charge in [-0.05, 0) is 43.5 Å². The van der Waals surface area contributed by atoms with Crippen molar-refractivity contribution in [1.82, 2.24) is 9.88 Å². The Bertz CT molecular complexity index is 949. The van der Waals surface area contributed by atoms with Gasteiger partial charge in [-0.3, -0.25) is 9.78 Å².